The van der Waals surface area contributed by atoms with Crippen LogP contribution in [0.1, 0.15) is 26.2 Å². The van der Waals surface area contributed by atoms with Gasteiger partial charge >= 0.3 is 0 Å². The van der Waals surface area contributed by atoms with E-state index in [-0.39, 0.29) is 13.2 Å². The molecular formula is C17H38N4O2. The predicted octanol–water partition coefficient (Wildman–Crippen LogP) is -0.330. The minimum absolute atomic E-state index is 0.246. The smallest absolute Gasteiger partial charge is 0.0558 e. The molecule has 0 bridgehead atoms. The first-order valence-corrected chi connectivity index (χ1v) is 9.39. The first-order chi connectivity index (χ1) is 11.3. The van der Waals surface area contributed by atoms with E-state index in [1.54, 1.807) is 0 Å². The maximum absolute atomic E-state index is 9.23. The van der Waals surface area contributed by atoms with Crippen LogP contribution in [0.25, 0.3) is 0 Å². The molecule has 0 saturated carbocycles. The third-order valence-corrected chi connectivity index (χ3v) is 4.62. The third-order valence-electron chi connectivity index (χ3n) is 4.62. The number of rotatable bonds is 5. The van der Waals surface area contributed by atoms with Crippen LogP contribution in [0.3, 0.4) is 0 Å². The van der Waals surface area contributed by atoms with Crippen molar-refractivity contribution in [2.45, 2.75) is 26.2 Å². The Kier molecular flexibility index (Phi) is 12.8. The highest BCUT2D eigenvalue weighted by Gasteiger charge is 2.10. The average Bonchev–Trinajstić information content (AvgIpc) is 2.56. The number of aliphatic hydroxyl groups is 2. The Hall–Kier alpha value is -0.240. The lowest BCUT2D eigenvalue weighted by molar-refractivity contribution is 0.161. The van der Waals surface area contributed by atoms with E-state index in [2.05, 4.69) is 26.9 Å². The van der Waals surface area contributed by atoms with E-state index in [9.17, 15) is 10.2 Å². The van der Waals surface area contributed by atoms with Crippen LogP contribution < -0.4 is 5.32 Å². The minimum Gasteiger partial charge on any atom is -0.395 e. The van der Waals surface area contributed by atoms with Crippen molar-refractivity contribution in [1.29, 1.82) is 0 Å². The fraction of sp³-hybridized carbons (Fsp3) is 1.00. The molecule has 1 rings (SSSR count). The van der Waals surface area contributed by atoms with E-state index in [0.717, 1.165) is 91.3 Å². The molecule has 0 spiro atoms. The molecule has 6 heteroatoms. The molecule has 23 heavy (non-hydrogen) atoms. The standard InChI is InChI=1S/C17H38N4O2/c1-2-19-10-5-11-20(14-16-22)8-3-6-18-7-4-9-21(13-12-19)15-17-23/h18,22-23H,2-17H2,1H3. The Balaban J connectivity index is 2.48. The Morgan fingerprint density at radius 2 is 1.17 bits per heavy atom. The van der Waals surface area contributed by atoms with Crippen molar-refractivity contribution < 1.29 is 10.2 Å². The van der Waals surface area contributed by atoms with Gasteiger partial charge in [0.25, 0.3) is 0 Å². The number of hydrogen-bond donors (Lipinski definition) is 3. The molecule has 0 amide bonds. The Labute approximate surface area is 142 Å². The molecular weight excluding hydrogens is 292 g/mol. The number of hydrogen-bond acceptors (Lipinski definition) is 6. The largest absolute Gasteiger partial charge is 0.395 e. The lowest BCUT2D eigenvalue weighted by Crippen LogP contribution is -2.38. The zero-order valence-corrected chi connectivity index (χ0v) is 15.0. The minimum atomic E-state index is 0.246. The summed E-state index contributed by atoms with van der Waals surface area (Å²) >= 11 is 0. The number of likely N-dealkylation sites (N-methyl/N-ethyl adjacent to an activating group) is 1. The highest BCUT2D eigenvalue weighted by Crippen LogP contribution is 2.00. The summed E-state index contributed by atoms with van der Waals surface area (Å²) in [6.07, 6.45) is 3.42. The average molecular weight is 331 g/mol. The molecule has 6 nitrogen and oxygen atoms in total. The zero-order chi connectivity index (χ0) is 16.8. The summed E-state index contributed by atoms with van der Waals surface area (Å²) in [7, 11) is 0. The molecule has 0 aromatic rings. The van der Waals surface area contributed by atoms with Crippen LogP contribution in [0, 0.1) is 0 Å². The summed E-state index contributed by atoms with van der Waals surface area (Å²) in [6, 6.07) is 0. The number of aliphatic hydroxyl groups excluding tert-OH is 2. The Morgan fingerprint density at radius 3 is 1.74 bits per heavy atom. The van der Waals surface area contributed by atoms with Crippen LogP contribution in [0.5, 0.6) is 0 Å². The van der Waals surface area contributed by atoms with Crippen molar-refractivity contribution in [1.82, 2.24) is 20.0 Å². The molecule has 3 N–H and O–H groups in total. The van der Waals surface area contributed by atoms with Crippen LogP contribution in [-0.4, -0.2) is 110 Å². The number of nitrogens with one attached hydrogen (secondary N) is 1. The fourth-order valence-electron chi connectivity index (χ4n) is 3.16. The van der Waals surface area contributed by atoms with E-state index < -0.39 is 0 Å². The van der Waals surface area contributed by atoms with Gasteiger partial charge in [0, 0.05) is 26.2 Å². The van der Waals surface area contributed by atoms with Gasteiger partial charge in [0.15, 0.2) is 0 Å². The lowest BCUT2D eigenvalue weighted by atomic mass is 10.3. The molecule has 0 aromatic carbocycles. The highest BCUT2D eigenvalue weighted by molar-refractivity contribution is 4.67. The summed E-state index contributed by atoms with van der Waals surface area (Å²) in [4.78, 5) is 7.26. The van der Waals surface area contributed by atoms with Crippen LogP contribution >= 0.6 is 0 Å². The van der Waals surface area contributed by atoms with Gasteiger partial charge in [-0.3, -0.25) is 4.90 Å². The molecule has 1 aliphatic heterocycles. The van der Waals surface area contributed by atoms with Crippen LogP contribution in [0.15, 0.2) is 0 Å². The van der Waals surface area contributed by atoms with E-state index in [0.29, 0.717) is 0 Å². The first-order valence-electron chi connectivity index (χ1n) is 9.39. The third kappa shape index (κ3) is 10.3. The lowest BCUT2D eigenvalue weighted by Gasteiger charge is -2.27. The number of nitrogens with zero attached hydrogens (tertiary/aromatic N) is 3. The van der Waals surface area contributed by atoms with Crippen molar-refractivity contribution in [3.8, 4) is 0 Å². The van der Waals surface area contributed by atoms with Gasteiger partial charge in [0.1, 0.15) is 0 Å². The van der Waals surface area contributed by atoms with Gasteiger partial charge in [-0.25, -0.2) is 0 Å². The summed E-state index contributed by atoms with van der Waals surface area (Å²) in [5, 5.41) is 22.0. The summed E-state index contributed by atoms with van der Waals surface area (Å²) in [5.74, 6) is 0. The summed E-state index contributed by atoms with van der Waals surface area (Å²) in [6.45, 7) is 13.9. The Morgan fingerprint density at radius 1 is 0.696 bits per heavy atom. The van der Waals surface area contributed by atoms with Gasteiger partial charge in [-0.1, -0.05) is 6.92 Å². The van der Waals surface area contributed by atoms with Crippen molar-refractivity contribution in [3.05, 3.63) is 0 Å². The topological polar surface area (TPSA) is 62.2 Å². The summed E-state index contributed by atoms with van der Waals surface area (Å²) in [5.41, 5.74) is 0. The maximum atomic E-state index is 9.23. The van der Waals surface area contributed by atoms with Crippen LogP contribution in [0.2, 0.25) is 0 Å². The van der Waals surface area contributed by atoms with Gasteiger partial charge in [-0.2, -0.15) is 0 Å². The predicted molar refractivity (Wildman–Crippen MR) is 95.9 cm³/mol. The molecule has 1 saturated heterocycles. The van der Waals surface area contributed by atoms with Crippen LogP contribution in [-0.2, 0) is 0 Å². The second-order valence-corrected chi connectivity index (χ2v) is 6.38. The second-order valence-electron chi connectivity index (χ2n) is 6.38. The monoisotopic (exact) mass is 330 g/mol. The van der Waals surface area contributed by atoms with Gasteiger partial charge in [-0.15, -0.1) is 0 Å². The van der Waals surface area contributed by atoms with Gasteiger partial charge in [0.05, 0.1) is 13.2 Å². The molecule has 1 heterocycles. The molecule has 0 aliphatic carbocycles. The van der Waals surface area contributed by atoms with Gasteiger partial charge < -0.3 is 25.3 Å². The van der Waals surface area contributed by atoms with E-state index in [1.165, 1.54) is 0 Å². The first kappa shape index (κ1) is 20.8. The zero-order valence-electron chi connectivity index (χ0n) is 15.0. The molecule has 0 atom stereocenters. The van der Waals surface area contributed by atoms with Gasteiger partial charge in [-0.05, 0) is 65.1 Å². The molecule has 0 unspecified atom stereocenters. The van der Waals surface area contributed by atoms with Gasteiger partial charge in [0.2, 0.25) is 0 Å². The normalized spacial score (nSPS) is 22.6. The Bertz CT molecular complexity index is 269. The van der Waals surface area contributed by atoms with E-state index in [4.69, 9.17) is 0 Å². The highest BCUT2D eigenvalue weighted by atomic mass is 16.3. The quantitative estimate of drug-likeness (QED) is 0.642. The number of β-amino-alcohol motifs (C(OH)–C–C–N with tert-alkyl or cyclic N) is 2. The molecule has 138 valence electrons. The van der Waals surface area contributed by atoms with Crippen molar-refractivity contribution in [3.63, 3.8) is 0 Å². The van der Waals surface area contributed by atoms with Crippen LogP contribution in [0.4, 0.5) is 0 Å². The molecule has 1 aliphatic rings. The maximum Gasteiger partial charge on any atom is 0.0558 e. The molecule has 1 fully saturated rings. The second kappa shape index (κ2) is 14.1. The van der Waals surface area contributed by atoms with Crippen molar-refractivity contribution >= 4 is 0 Å². The fourth-order valence-corrected chi connectivity index (χ4v) is 3.16. The molecule has 0 aromatic heterocycles. The van der Waals surface area contributed by atoms with Crippen molar-refractivity contribution in [2.24, 2.45) is 0 Å². The van der Waals surface area contributed by atoms with E-state index >= 15 is 0 Å². The van der Waals surface area contributed by atoms with Crippen molar-refractivity contribution in [2.75, 3.05) is 85.2 Å². The van der Waals surface area contributed by atoms with E-state index in [1.807, 2.05) is 0 Å². The SMILES string of the molecule is CCN1CCCN(CCO)CCCNCCCN(CCO)CC1. The molecule has 0 radical (unpaired) electrons. The summed E-state index contributed by atoms with van der Waals surface area (Å²) < 4.78 is 0.